The van der Waals surface area contributed by atoms with Crippen LogP contribution in [0.2, 0.25) is 0 Å². The van der Waals surface area contributed by atoms with E-state index in [0.29, 0.717) is 24.4 Å². The second kappa shape index (κ2) is 6.21. The van der Waals surface area contributed by atoms with Crippen molar-refractivity contribution in [2.75, 3.05) is 26.2 Å². The molecule has 1 aliphatic rings. The highest BCUT2D eigenvalue weighted by Crippen LogP contribution is 2.19. The number of rotatable bonds is 6. The third-order valence-electron chi connectivity index (χ3n) is 3.26. The molecule has 0 aromatic rings. The third kappa shape index (κ3) is 3.76. The van der Waals surface area contributed by atoms with Crippen LogP contribution in [0.4, 0.5) is 0 Å². The van der Waals surface area contributed by atoms with Crippen LogP contribution in [0, 0.1) is 11.8 Å². The van der Waals surface area contributed by atoms with E-state index < -0.39 is 0 Å². The lowest BCUT2D eigenvalue weighted by Gasteiger charge is -2.32. The fraction of sp³-hybridized carbons (Fsp3) is 0.917. The van der Waals surface area contributed by atoms with Gasteiger partial charge in [-0.25, -0.2) is 0 Å². The molecule has 1 aliphatic heterocycles. The van der Waals surface area contributed by atoms with Crippen LogP contribution >= 0.6 is 0 Å². The van der Waals surface area contributed by atoms with E-state index in [0.717, 1.165) is 26.1 Å². The molecule has 0 aromatic carbocycles. The summed E-state index contributed by atoms with van der Waals surface area (Å²) in [7, 11) is 0. The minimum Gasteiger partial charge on any atom is -0.369 e. The summed E-state index contributed by atoms with van der Waals surface area (Å²) in [6.07, 6.45) is 1.16. The maximum Gasteiger partial charge on any atom is 0.231 e. The van der Waals surface area contributed by atoms with E-state index in [-0.39, 0.29) is 5.91 Å². The number of nitrogens with two attached hydrogens (primary N) is 1. The zero-order chi connectivity index (χ0) is 12.1. The van der Waals surface area contributed by atoms with E-state index in [1.165, 1.54) is 0 Å². The molecule has 1 heterocycles. The predicted octanol–water partition coefficient (Wildman–Crippen LogP) is 0.428. The van der Waals surface area contributed by atoms with Gasteiger partial charge in [0.1, 0.15) is 0 Å². The van der Waals surface area contributed by atoms with Crippen LogP contribution in [-0.4, -0.2) is 43.0 Å². The first-order valence-corrected chi connectivity index (χ1v) is 6.27. The molecular formula is C12H25N3O. The van der Waals surface area contributed by atoms with Crippen LogP contribution in [0.5, 0.6) is 0 Å². The molecule has 1 rings (SSSR count). The van der Waals surface area contributed by atoms with Gasteiger partial charge in [0.05, 0.1) is 6.54 Å². The molecule has 2 atom stereocenters. The van der Waals surface area contributed by atoms with Gasteiger partial charge in [-0.3, -0.25) is 9.69 Å². The Morgan fingerprint density at radius 2 is 2.19 bits per heavy atom. The molecule has 3 N–H and O–H groups in total. The number of hydrogen-bond donors (Lipinski definition) is 2. The highest BCUT2D eigenvalue weighted by atomic mass is 16.1. The summed E-state index contributed by atoms with van der Waals surface area (Å²) in [5.41, 5.74) is 5.32. The Labute approximate surface area is 98.6 Å². The fourth-order valence-corrected chi connectivity index (χ4v) is 2.55. The zero-order valence-corrected chi connectivity index (χ0v) is 10.7. The molecule has 4 nitrogen and oxygen atoms in total. The minimum atomic E-state index is -0.220. The summed E-state index contributed by atoms with van der Waals surface area (Å²) in [6.45, 7) is 9.96. The average Bonchev–Trinajstić information content (AvgIpc) is 2.62. The van der Waals surface area contributed by atoms with Gasteiger partial charge in [-0.2, -0.15) is 0 Å². The molecule has 1 saturated heterocycles. The molecule has 1 fully saturated rings. The number of nitrogens with one attached hydrogen (secondary N) is 1. The summed E-state index contributed by atoms with van der Waals surface area (Å²) in [4.78, 5) is 13.4. The van der Waals surface area contributed by atoms with Crippen LogP contribution in [0.25, 0.3) is 0 Å². The van der Waals surface area contributed by atoms with E-state index in [4.69, 9.17) is 5.73 Å². The second-order valence-corrected chi connectivity index (χ2v) is 5.18. The number of hydrogen-bond acceptors (Lipinski definition) is 3. The predicted molar refractivity (Wildman–Crippen MR) is 66.0 cm³/mol. The Morgan fingerprint density at radius 3 is 2.69 bits per heavy atom. The normalized spacial score (nSPS) is 25.6. The smallest absolute Gasteiger partial charge is 0.231 e. The summed E-state index contributed by atoms with van der Waals surface area (Å²) in [5, 5.41) is 3.41. The van der Waals surface area contributed by atoms with Crippen molar-refractivity contribution in [2.24, 2.45) is 17.6 Å². The van der Waals surface area contributed by atoms with Crippen molar-refractivity contribution in [3.05, 3.63) is 0 Å². The minimum absolute atomic E-state index is 0.220. The lowest BCUT2D eigenvalue weighted by atomic mass is 9.98. The molecule has 94 valence electrons. The van der Waals surface area contributed by atoms with Crippen molar-refractivity contribution in [3.8, 4) is 0 Å². The Kier molecular flexibility index (Phi) is 5.22. The van der Waals surface area contributed by atoms with E-state index in [1.54, 1.807) is 0 Å². The summed E-state index contributed by atoms with van der Waals surface area (Å²) in [5.74, 6) is 0.998. The topological polar surface area (TPSA) is 58.4 Å². The highest BCUT2D eigenvalue weighted by Gasteiger charge is 2.31. The molecule has 0 spiro atoms. The van der Waals surface area contributed by atoms with Gasteiger partial charge in [0.15, 0.2) is 0 Å². The van der Waals surface area contributed by atoms with E-state index in [1.807, 2.05) is 0 Å². The van der Waals surface area contributed by atoms with Crippen molar-refractivity contribution in [1.82, 2.24) is 10.2 Å². The lowest BCUT2D eigenvalue weighted by Crippen LogP contribution is -2.46. The summed E-state index contributed by atoms with van der Waals surface area (Å²) < 4.78 is 0. The van der Waals surface area contributed by atoms with Crippen LogP contribution in [-0.2, 0) is 4.79 Å². The second-order valence-electron chi connectivity index (χ2n) is 5.18. The number of primary amides is 1. The van der Waals surface area contributed by atoms with E-state index >= 15 is 0 Å². The van der Waals surface area contributed by atoms with Gasteiger partial charge in [-0.15, -0.1) is 0 Å². The van der Waals surface area contributed by atoms with Gasteiger partial charge >= 0.3 is 0 Å². The molecular weight excluding hydrogens is 202 g/mol. The van der Waals surface area contributed by atoms with Crippen molar-refractivity contribution < 1.29 is 4.79 Å². The van der Waals surface area contributed by atoms with Crippen molar-refractivity contribution in [2.45, 2.75) is 33.2 Å². The molecule has 1 amide bonds. The molecule has 0 bridgehead atoms. The van der Waals surface area contributed by atoms with Crippen molar-refractivity contribution in [3.63, 3.8) is 0 Å². The zero-order valence-electron chi connectivity index (χ0n) is 10.7. The van der Waals surface area contributed by atoms with Crippen molar-refractivity contribution in [1.29, 1.82) is 0 Å². The summed E-state index contributed by atoms with van der Waals surface area (Å²) in [6, 6.07) is 0.472. The van der Waals surface area contributed by atoms with Gasteiger partial charge in [-0.05, 0) is 18.4 Å². The van der Waals surface area contributed by atoms with Crippen LogP contribution in [0.15, 0.2) is 0 Å². The molecule has 2 unspecified atom stereocenters. The Balaban J connectivity index is 2.62. The first kappa shape index (κ1) is 13.5. The number of carbonyl (C=O) groups excluding carboxylic acids is 1. The number of amides is 1. The maximum absolute atomic E-state index is 11.1. The Morgan fingerprint density at radius 1 is 1.50 bits per heavy atom. The number of nitrogens with zero attached hydrogens (tertiary/aromatic N) is 1. The standard InChI is InChI=1S/C12H25N3O/c1-4-10-5-14-6-11(10)15(7-9(2)3)8-12(13)16/h9-11,14H,4-8H2,1-3H3,(H2,13,16). The monoisotopic (exact) mass is 227 g/mol. The van der Waals surface area contributed by atoms with Gasteiger partial charge < -0.3 is 11.1 Å². The Hall–Kier alpha value is -0.610. The van der Waals surface area contributed by atoms with Gasteiger partial charge in [0.25, 0.3) is 0 Å². The molecule has 0 radical (unpaired) electrons. The summed E-state index contributed by atoms with van der Waals surface area (Å²) >= 11 is 0. The Bertz CT molecular complexity index is 230. The molecule has 4 heteroatoms. The number of carbonyl (C=O) groups is 1. The molecule has 16 heavy (non-hydrogen) atoms. The fourth-order valence-electron chi connectivity index (χ4n) is 2.55. The van der Waals surface area contributed by atoms with Crippen molar-refractivity contribution >= 4 is 5.91 Å². The van der Waals surface area contributed by atoms with E-state index in [2.05, 4.69) is 31.0 Å². The van der Waals surface area contributed by atoms with Crippen LogP contribution < -0.4 is 11.1 Å². The van der Waals surface area contributed by atoms with Gasteiger partial charge in [0.2, 0.25) is 5.91 Å². The maximum atomic E-state index is 11.1. The van der Waals surface area contributed by atoms with Crippen LogP contribution in [0.1, 0.15) is 27.2 Å². The highest BCUT2D eigenvalue weighted by molar-refractivity contribution is 5.76. The first-order valence-electron chi connectivity index (χ1n) is 6.27. The van der Waals surface area contributed by atoms with Gasteiger partial charge in [-0.1, -0.05) is 27.2 Å². The van der Waals surface area contributed by atoms with Gasteiger partial charge in [0, 0.05) is 19.1 Å². The SMILES string of the molecule is CCC1CNCC1N(CC(N)=O)CC(C)C. The molecule has 0 aliphatic carbocycles. The van der Waals surface area contributed by atoms with E-state index in [9.17, 15) is 4.79 Å². The average molecular weight is 227 g/mol. The van der Waals surface area contributed by atoms with Crippen LogP contribution in [0.3, 0.4) is 0 Å². The quantitative estimate of drug-likeness (QED) is 0.692. The first-order chi connectivity index (χ1) is 7.54. The third-order valence-corrected chi connectivity index (χ3v) is 3.26. The lowest BCUT2D eigenvalue weighted by molar-refractivity contribution is -0.119. The molecule has 0 saturated carbocycles. The largest absolute Gasteiger partial charge is 0.369 e. The molecule has 0 aromatic heterocycles.